The Balaban J connectivity index is 1.57. The number of aryl methyl sites for hydroxylation is 1. The summed E-state index contributed by atoms with van der Waals surface area (Å²) in [4.78, 5) is 12.2. The van der Waals surface area contributed by atoms with E-state index in [0.717, 1.165) is 29.0 Å². The number of benzene rings is 2. The summed E-state index contributed by atoms with van der Waals surface area (Å²) < 4.78 is 16.0. The van der Waals surface area contributed by atoms with E-state index in [1.54, 1.807) is 14.2 Å². The Morgan fingerprint density at radius 1 is 1.12 bits per heavy atom. The second-order valence-electron chi connectivity index (χ2n) is 5.66. The molecule has 1 heterocycles. The zero-order valence-corrected chi connectivity index (χ0v) is 13.9. The summed E-state index contributed by atoms with van der Waals surface area (Å²) in [6.45, 7) is 0.714. The van der Waals surface area contributed by atoms with Crippen molar-refractivity contribution in [3.8, 4) is 17.2 Å². The van der Waals surface area contributed by atoms with Gasteiger partial charge >= 0.3 is 0 Å². The lowest BCUT2D eigenvalue weighted by atomic mass is 10.1. The molecule has 126 valence electrons. The molecule has 0 atom stereocenters. The fourth-order valence-electron chi connectivity index (χ4n) is 2.78. The second-order valence-corrected chi connectivity index (χ2v) is 5.66. The van der Waals surface area contributed by atoms with Gasteiger partial charge in [-0.2, -0.15) is 0 Å². The standard InChI is InChI=1S/C19H21NO4/c1-22-17-6-3-13(11-18(17)23-2)4-8-19(21)20-15-5-7-16-14(12-15)9-10-24-16/h3,5-7,11-12H,4,8-10H2,1-2H3,(H,20,21). The minimum Gasteiger partial charge on any atom is -0.493 e. The highest BCUT2D eigenvalue weighted by Gasteiger charge is 2.13. The number of amides is 1. The first kappa shape index (κ1) is 16.2. The van der Waals surface area contributed by atoms with Crippen LogP contribution in [0.4, 0.5) is 5.69 Å². The van der Waals surface area contributed by atoms with Crippen LogP contribution >= 0.6 is 0 Å². The number of nitrogens with one attached hydrogen (secondary N) is 1. The highest BCUT2D eigenvalue weighted by atomic mass is 16.5. The zero-order valence-electron chi connectivity index (χ0n) is 13.9. The molecule has 1 N–H and O–H groups in total. The number of carbonyl (C=O) groups excluding carboxylic acids is 1. The smallest absolute Gasteiger partial charge is 0.224 e. The van der Waals surface area contributed by atoms with Crippen molar-refractivity contribution >= 4 is 11.6 Å². The highest BCUT2D eigenvalue weighted by Crippen LogP contribution is 2.29. The average molecular weight is 327 g/mol. The summed E-state index contributed by atoms with van der Waals surface area (Å²) in [7, 11) is 3.21. The SMILES string of the molecule is COc1ccc(CCC(=O)Nc2ccc3c(c2)CCO3)cc1OC. The summed E-state index contributed by atoms with van der Waals surface area (Å²) in [5, 5.41) is 2.94. The molecule has 0 aliphatic carbocycles. The molecule has 1 amide bonds. The van der Waals surface area contributed by atoms with Crippen LogP contribution in [0.1, 0.15) is 17.5 Å². The fraction of sp³-hybridized carbons (Fsp3) is 0.316. The van der Waals surface area contributed by atoms with E-state index in [9.17, 15) is 4.79 Å². The molecular weight excluding hydrogens is 306 g/mol. The molecule has 2 aromatic rings. The van der Waals surface area contributed by atoms with Crippen LogP contribution in [-0.2, 0) is 17.6 Å². The van der Waals surface area contributed by atoms with Crippen molar-refractivity contribution < 1.29 is 19.0 Å². The second kappa shape index (κ2) is 7.25. The molecule has 3 rings (SSSR count). The van der Waals surface area contributed by atoms with E-state index in [2.05, 4.69) is 5.32 Å². The van der Waals surface area contributed by atoms with Crippen LogP contribution in [0.5, 0.6) is 17.2 Å². The third-order valence-electron chi connectivity index (χ3n) is 4.06. The molecule has 0 aromatic heterocycles. The van der Waals surface area contributed by atoms with E-state index in [4.69, 9.17) is 14.2 Å². The summed E-state index contributed by atoms with van der Waals surface area (Å²) in [6, 6.07) is 11.5. The van der Waals surface area contributed by atoms with E-state index in [-0.39, 0.29) is 5.91 Å². The van der Waals surface area contributed by atoms with Crippen molar-refractivity contribution in [2.24, 2.45) is 0 Å². The fourth-order valence-corrected chi connectivity index (χ4v) is 2.78. The van der Waals surface area contributed by atoms with E-state index >= 15 is 0 Å². The minimum absolute atomic E-state index is 0.0105. The molecule has 1 aliphatic heterocycles. The normalized spacial score (nSPS) is 12.2. The predicted octanol–water partition coefficient (Wildman–Crippen LogP) is 3.21. The van der Waals surface area contributed by atoms with Gasteiger partial charge in [0.25, 0.3) is 0 Å². The van der Waals surface area contributed by atoms with Crippen LogP contribution in [-0.4, -0.2) is 26.7 Å². The van der Waals surface area contributed by atoms with Gasteiger partial charge in [-0.1, -0.05) is 6.07 Å². The molecule has 0 saturated heterocycles. The number of carbonyl (C=O) groups is 1. The Hall–Kier alpha value is -2.69. The average Bonchev–Trinajstić information content (AvgIpc) is 3.07. The summed E-state index contributed by atoms with van der Waals surface area (Å²) in [5.41, 5.74) is 2.99. The van der Waals surface area contributed by atoms with Crippen molar-refractivity contribution in [2.75, 3.05) is 26.1 Å². The number of rotatable bonds is 6. The van der Waals surface area contributed by atoms with Gasteiger partial charge in [0.05, 0.1) is 20.8 Å². The van der Waals surface area contributed by atoms with Crippen molar-refractivity contribution in [1.29, 1.82) is 0 Å². The first-order valence-electron chi connectivity index (χ1n) is 7.96. The van der Waals surface area contributed by atoms with Gasteiger partial charge in [0.15, 0.2) is 11.5 Å². The van der Waals surface area contributed by atoms with Gasteiger partial charge in [-0.05, 0) is 47.9 Å². The number of hydrogen-bond acceptors (Lipinski definition) is 4. The summed E-state index contributed by atoms with van der Waals surface area (Å²) in [5.74, 6) is 2.27. The van der Waals surface area contributed by atoms with Gasteiger partial charge in [0, 0.05) is 18.5 Å². The molecule has 2 aromatic carbocycles. The van der Waals surface area contributed by atoms with Crippen molar-refractivity contribution in [1.82, 2.24) is 0 Å². The van der Waals surface area contributed by atoms with Crippen LogP contribution in [0.15, 0.2) is 36.4 Å². The third-order valence-corrected chi connectivity index (χ3v) is 4.06. The highest BCUT2D eigenvalue weighted by molar-refractivity contribution is 5.91. The van der Waals surface area contributed by atoms with Gasteiger partial charge < -0.3 is 19.5 Å². The largest absolute Gasteiger partial charge is 0.493 e. The van der Waals surface area contributed by atoms with Crippen molar-refractivity contribution in [3.63, 3.8) is 0 Å². The minimum atomic E-state index is -0.0105. The molecule has 5 nitrogen and oxygen atoms in total. The molecule has 0 radical (unpaired) electrons. The van der Waals surface area contributed by atoms with Gasteiger partial charge in [-0.15, -0.1) is 0 Å². The molecule has 0 bridgehead atoms. The van der Waals surface area contributed by atoms with E-state index in [1.165, 1.54) is 0 Å². The van der Waals surface area contributed by atoms with Crippen LogP contribution in [0.2, 0.25) is 0 Å². The Morgan fingerprint density at radius 2 is 1.96 bits per heavy atom. The van der Waals surface area contributed by atoms with Gasteiger partial charge in [0.2, 0.25) is 5.91 Å². The Labute approximate surface area is 141 Å². The Kier molecular flexibility index (Phi) is 4.89. The lowest BCUT2D eigenvalue weighted by molar-refractivity contribution is -0.116. The number of methoxy groups -OCH3 is 2. The van der Waals surface area contributed by atoms with Gasteiger partial charge in [-0.25, -0.2) is 0 Å². The summed E-state index contributed by atoms with van der Waals surface area (Å²) in [6.07, 6.45) is 1.94. The maximum absolute atomic E-state index is 12.2. The molecule has 0 fully saturated rings. The zero-order chi connectivity index (χ0) is 16.9. The van der Waals surface area contributed by atoms with Gasteiger partial charge in [0.1, 0.15) is 5.75 Å². The van der Waals surface area contributed by atoms with E-state index in [1.807, 2.05) is 36.4 Å². The number of hydrogen-bond donors (Lipinski definition) is 1. The predicted molar refractivity (Wildman–Crippen MR) is 92.1 cm³/mol. The summed E-state index contributed by atoms with van der Waals surface area (Å²) >= 11 is 0. The quantitative estimate of drug-likeness (QED) is 0.885. The molecular formula is C19H21NO4. The first-order valence-corrected chi connectivity index (χ1v) is 7.96. The van der Waals surface area contributed by atoms with Crippen LogP contribution in [0.3, 0.4) is 0 Å². The molecule has 1 aliphatic rings. The topological polar surface area (TPSA) is 56.8 Å². The Morgan fingerprint density at radius 3 is 2.75 bits per heavy atom. The number of anilines is 1. The van der Waals surface area contributed by atoms with E-state index < -0.39 is 0 Å². The van der Waals surface area contributed by atoms with Gasteiger partial charge in [-0.3, -0.25) is 4.79 Å². The lowest BCUT2D eigenvalue weighted by Crippen LogP contribution is -2.12. The first-order chi connectivity index (χ1) is 11.7. The van der Waals surface area contributed by atoms with Crippen LogP contribution in [0, 0.1) is 0 Å². The molecule has 0 saturated carbocycles. The molecule has 0 unspecified atom stereocenters. The van der Waals surface area contributed by atoms with Crippen LogP contribution < -0.4 is 19.5 Å². The number of fused-ring (bicyclic) bond motifs is 1. The van der Waals surface area contributed by atoms with Crippen LogP contribution in [0.25, 0.3) is 0 Å². The third kappa shape index (κ3) is 3.62. The van der Waals surface area contributed by atoms with E-state index in [0.29, 0.717) is 30.9 Å². The lowest BCUT2D eigenvalue weighted by Gasteiger charge is -2.10. The molecule has 0 spiro atoms. The van der Waals surface area contributed by atoms with Crippen molar-refractivity contribution in [3.05, 3.63) is 47.5 Å². The Bertz CT molecular complexity index is 742. The molecule has 24 heavy (non-hydrogen) atoms. The van der Waals surface area contributed by atoms with Crippen molar-refractivity contribution in [2.45, 2.75) is 19.3 Å². The monoisotopic (exact) mass is 327 g/mol. The maximum Gasteiger partial charge on any atom is 0.224 e. The molecule has 5 heteroatoms. The number of ether oxygens (including phenoxy) is 3. The maximum atomic E-state index is 12.2.